The summed E-state index contributed by atoms with van der Waals surface area (Å²) in [4.78, 5) is 0. The smallest absolute Gasteiger partial charge is 1.00 e. The molecule has 0 spiro atoms. The van der Waals surface area contributed by atoms with Crippen LogP contribution in [0, 0.1) is 0 Å². The fourth-order valence-corrected chi connectivity index (χ4v) is 0. The summed E-state index contributed by atoms with van der Waals surface area (Å²) in [7, 11) is 0. The molecule has 0 aromatic heterocycles. The second-order valence-electron chi connectivity index (χ2n) is 0.407. The minimum Gasteiger partial charge on any atom is -1.00 e. The maximum Gasteiger partial charge on any atom is 1.00 e. The van der Waals surface area contributed by atoms with Gasteiger partial charge in [0, 0.05) is 4.21 Å². The van der Waals surface area contributed by atoms with E-state index < -0.39 is 0 Å². The van der Waals surface area contributed by atoms with Crippen molar-refractivity contribution in [2.24, 2.45) is 0 Å². The van der Waals surface area contributed by atoms with Crippen molar-refractivity contribution in [3.05, 3.63) is 0 Å². The van der Waals surface area contributed by atoms with Gasteiger partial charge in [0.15, 0.2) is 0 Å². The van der Waals surface area contributed by atoms with Crippen molar-refractivity contribution < 1.29 is 35.2 Å². The Morgan fingerprint density at radius 3 is 2.20 bits per heavy atom. The Morgan fingerprint density at radius 1 is 2.00 bits per heavy atom. The van der Waals surface area contributed by atoms with Gasteiger partial charge >= 0.3 is 41.2 Å². The second kappa shape index (κ2) is 8.89. The number of hydrogen-bond acceptors (Lipinski definition) is 1. The van der Waals surface area contributed by atoms with Crippen molar-refractivity contribution in [3.8, 4) is 0 Å². The Balaban J connectivity index is -0.0000000450. The van der Waals surface area contributed by atoms with Gasteiger partial charge in [0.05, 0.1) is 0 Å². The minimum atomic E-state index is 0. The quantitative estimate of drug-likeness (QED) is 0.265. The molecule has 0 atom stereocenters. The van der Waals surface area contributed by atoms with Crippen LogP contribution in [0.1, 0.15) is 8.35 Å². The van der Waals surface area contributed by atoms with Gasteiger partial charge in [0.2, 0.25) is 5.75 Å². The first kappa shape index (κ1) is 9.39. The van der Waals surface area contributed by atoms with Crippen molar-refractivity contribution in [2.45, 2.75) is 6.92 Å². The van der Waals surface area contributed by atoms with Crippen molar-refractivity contribution in [1.29, 1.82) is 0 Å². The normalized spacial score (nSPS) is 5.00. The van der Waals surface area contributed by atoms with E-state index in [2.05, 4.69) is 0 Å². The average Bonchev–Trinajstić information content (AvgIpc) is 1.37. The van der Waals surface area contributed by atoms with Crippen molar-refractivity contribution in [1.82, 2.24) is 0 Å². The van der Waals surface area contributed by atoms with Gasteiger partial charge in [-0.15, -0.1) is 0 Å². The molecule has 0 aliphatic heterocycles. The molecule has 0 N–H and O–H groups in total. The molecule has 0 saturated heterocycles. The standard InChI is InChI=1S/C2H5OS.Na.H/c1-2-4-3;;/h2H2,1H3;;/q2*+1;-1. The van der Waals surface area contributed by atoms with Crippen LogP contribution in [0.3, 0.4) is 0 Å². The third kappa shape index (κ3) is 11.2. The Hall–Kier alpha value is 1.02. The monoisotopic (exact) mass is 101 g/mol. The fourth-order valence-electron chi connectivity index (χ4n) is 0. The molecule has 0 aromatic rings. The molecule has 5 heavy (non-hydrogen) atoms. The van der Waals surface area contributed by atoms with Gasteiger partial charge in [-0.25, -0.2) is 0 Å². The van der Waals surface area contributed by atoms with E-state index in [1.807, 2.05) is 6.92 Å². The van der Waals surface area contributed by atoms with Crippen LogP contribution in [-0.4, -0.2) is 5.75 Å². The van der Waals surface area contributed by atoms with Crippen molar-refractivity contribution in [3.63, 3.8) is 0 Å². The molecule has 26 valence electrons. The van der Waals surface area contributed by atoms with E-state index in [0.29, 0.717) is 17.4 Å². The van der Waals surface area contributed by atoms with Crippen LogP contribution in [-0.2, 0) is 15.9 Å². The van der Waals surface area contributed by atoms with E-state index in [4.69, 9.17) is 0 Å². The molecule has 1 nitrogen and oxygen atoms in total. The van der Waals surface area contributed by atoms with Crippen molar-refractivity contribution in [2.75, 3.05) is 5.75 Å². The molecule has 0 aromatic carbocycles. The Labute approximate surface area is 59.4 Å². The van der Waals surface area contributed by atoms with Crippen LogP contribution in [0.25, 0.3) is 0 Å². The van der Waals surface area contributed by atoms with E-state index in [1.54, 1.807) is 0 Å². The predicted octanol–water partition coefficient (Wildman–Crippen LogP) is -2.45. The number of hydrogen-bond donors (Lipinski definition) is 0. The van der Waals surface area contributed by atoms with E-state index in [9.17, 15) is 4.21 Å². The molecule has 0 rings (SSSR count). The maximum atomic E-state index is 9.22. The van der Waals surface area contributed by atoms with Gasteiger partial charge in [0.25, 0.3) is 0 Å². The van der Waals surface area contributed by atoms with E-state index in [-0.39, 0.29) is 31.0 Å². The topological polar surface area (TPSA) is 17.1 Å². The third-order valence-electron chi connectivity index (χ3n) is 0.118. The van der Waals surface area contributed by atoms with E-state index in [1.165, 1.54) is 0 Å². The van der Waals surface area contributed by atoms with Gasteiger partial charge < -0.3 is 1.43 Å². The van der Waals surface area contributed by atoms with E-state index in [0.717, 1.165) is 0 Å². The van der Waals surface area contributed by atoms with Crippen LogP contribution in [0.5, 0.6) is 0 Å². The molecule has 3 heteroatoms. The van der Waals surface area contributed by atoms with Gasteiger partial charge in [0.1, 0.15) is 0 Å². The summed E-state index contributed by atoms with van der Waals surface area (Å²) in [5, 5.41) is 0. The van der Waals surface area contributed by atoms with Crippen LogP contribution in [0.2, 0.25) is 0 Å². The summed E-state index contributed by atoms with van der Waals surface area (Å²) in [6.07, 6.45) is 0. The third-order valence-corrected chi connectivity index (χ3v) is 0.354. The molecule has 0 fully saturated rings. The first-order valence-electron chi connectivity index (χ1n) is 1.16. The molecule has 0 aliphatic rings. The van der Waals surface area contributed by atoms with Crippen molar-refractivity contribution >= 4 is 11.7 Å². The average molecular weight is 101 g/mol. The Kier molecular flexibility index (Phi) is 16.7. The summed E-state index contributed by atoms with van der Waals surface area (Å²) < 4.78 is 9.22. The molecule has 0 aliphatic carbocycles. The van der Waals surface area contributed by atoms with E-state index >= 15 is 0 Å². The predicted molar refractivity (Wildman–Crippen MR) is 19.7 cm³/mol. The minimum absolute atomic E-state index is 0. The van der Waals surface area contributed by atoms with Crippen LogP contribution >= 0.6 is 0 Å². The maximum absolute atomic E-state index is 9.22. The first-order chi connectivity index (χ1) is 1.91. The molecular formula is C2H6NaOS+. The largest absolute Gasteiger partial charge is 1.00 e. The molecule has 0 amide bonds. The zero-order chi connectivity index (χ0) is 3.41. The van der Waals surface area contributed by atoms with Crippen LogP contribution in [0.15, 0.2) is 0 Å². The number of rotatable bonds is 1. The second-order valence-corrected chi connectivity index (χ2v) is 1.22. The molecular weight excluding hydrogens is 95.1 g/mol. The van der Waals surface area contributed by atoms with Crippen LogP contribution in [0.4, 0.5) is 0 Å². The first-order valence-corrected chi connectivity index (χ1v) is 2.07. The van der Waals surface area contributed by atoms with Gasteiger partial charge in [-0.05, 0) is 6.92 Å². The summed E-state index contributed by atoms with van der Waals surface area (Å²) in [6.45, 7) is 1.83. The SMILES string of the molecule is CC[S+]=O.[H-].[Na+]. The summed E-state index contributed by atoms with van der Waals surface area (Å²) in [5.74, 6) is 0.681. The molecule has 0 saturated carbocycles. The molecule has 0 unspecified atom stereocenters. The fraction of sp³-hybridized carbons (Fsp3) is 1.00. The van der Waals surface area contributed by atoms with Gasteiger partial charge in [-0.3, -0.25) is 0 Å². The Bertz CT molecular complexity index is 27.5. The summed E-state index contributed by atoms with van der Waals surface area (Å²) >= 11 is 0.606. The summed E-state index contributed by atoms with van der Waals surface area (Å²) in [5.41, 5.74) is 0. The zero-order valence-corrected chi connectivity index (χ0v) is 6.34. The van der Waals surface area contributed by atoms with Gasteiger partial charge in [-0.1, -0.05) is 0 Å². The summed E-state index contributed by atoms with van der Waals surface area (Å²) in [6, 6.07) is 0. The molecule has 0 heterocycles. The molecule has 0 radical (unpaired) electrons. The Morgan fingerprint density at radius 2 is 2.20 bits per heavy atom. The molecule has 0 bridgehead atoms. The zero-order valence-electron chi connectivity index (χ0n) is 4.52. The van der Waals surface area contributed by atoms with Crippen LogP contribution < -0.4 is 29.6 Å². The van der Waals surface area contributed by atoms with Gasteiger partial charge in [-0.2, -0.15) is 0 Å².